The Morgan fingerprint density at radius 1 is 0.725 bits per heavy atom. The van der Waals surface area contributed by atoms with Gasteiger partial charge < -0.3 is 37.4 Å². The number of rotatable bonds is 16. The highest BCUT2D eigenvalue weighted by atomic mass is 16.3. The van der Waals surface area contributed by atoms with Gasteiger partial charge in [-0.05, 0) is 105 Å². The zero-order valence-electron chi connectivity index (χ0n) is 30.0. The maximum Gasteiger partial charge on any atom is 0.243 e. The lowest BCUT2D eigenvalue weighted by atomic mass is 9.53. The van der Waals surface area contributed by atoms with Gasteiger partial charge in [0.05, 0.1) is 12.6 Å². The molecule has 276 valence electrons. The molecular formula is C39H54N6O6. The molecule has 6 rings (SSSR count). The zero-order valence-corrected chi connectivity index (χ0v) is 30.0. The van der Waals surface area contributed by atoms with Gasteiger partial charge in [-0.25, -0.2) is 0 Å². The van der Waals surface area contributed by atoms with Crippen LogP contribution in [0, 0.1) is 23.7 Å². The average Bonchev–Trinajstić information content (AvgIpc) is 3.07. The lowest BCUT2D eigenvalue weighted by Gasteiger charge is -2.57. The summed E-state index contributed by atoms with van der Waals surface area (Å²) >= 11 is 0. The number of phenolic OH excluding ortho intramolecular Hbond substituents is 1. The molecule has 2 aromatic rings. The summed E-state index contributed by atoms with van der Waals surface area (Å²) in [7, 11) is 0. The molecule has 0 unspecified atom stereocenters. The van der Waals surface area contributed by atoms with Crippen molar-refractivity contribution in [3.8, 4) is 5.75 Å². The number of hydrogen-bond donors (Lipinski definition) is 7. The minimum Gasteiger partial charge on any atom is -0.508 e. The number of nitrogens with one attached hydrogen (secondary N) is 5. The molecule has 4 bridgehead atoms. The molecule has 8 N–H and O–H groups in total. The van der Waals surface area contributed by atoms with Crippen molar-refractivity contribution in [2.45, 2.75) is 108 Å². The lowest BCUT2D eigenvalue weighted by Crippen LogP contribution is -2.63. The van der Waals surface area contributed by atoms with Crippen LogP contribution in [0.1, 0.15) is 76.8 Å². The van der Waals surface area contributed by atoms with Crippen LogP contribution in [0.15, 0.2) is 54.6 Å². The van der Waals surface area contributed by atoms with E-state index in [0.717, 1.165) is 30.4 Å². The van der Waals surface area contributed by atoms with Crippen molar-refractivity contribution in [3.05, 3.63) is 65.7 Å². The van der Waals surface area contributed by atoms with E-state index in [4.69, 9.17) is 5.73 Å². The highest BCUT2D eigenvalue weighted by Crippen LogP contribution is 2.55. The number of amides is 5. The van der Waals surface area contributed by atoms with Crippen LogP contribution in [0.25, 0.3) is 0 Å². The largest absolute Gasteiger partial charge is 0.508 e. The predicted octanol–water partition coefficient (Wildman–Crippen LogP) is 2.23. The summed E-state index contributed by atoms with van der Waals surface area (Å²) in [5.74, 6) is -0.167. The molecule has 4 saturated carbocycles. The maximum atomic E-state index is 13.9. The van der Waals surface area contributed by atoms with E-state index in [-0.39, 0.29) is 36.0 Å². The van der Waals surface area contributed by atoms with E-state index in [9.17, 15) is 29.1 Å². The van der Waals surface area contributed by atoms with Crippen molar-refractivity contribution in [1.29, 1.82) is 0 Å². The van der Waals surface area contributed by atoms with Crippen molar-refractivity contribution in [2.24, 2.45) is 29.4 Å². The zero-order chi connectivity index (χ0) is 36.7. The summed E-state index contributed by atoms with van der Waals surface area (Å²) in [6.07, 6.45) is 7.61. The molecule has 0 aromatic heterocycles. The Balaban J connectivity index is 1.16. The van der Waals surface area contributed by atoms with Crippen LogP contribution >= 0.6 is 0 Å². The summed E-state index contributed by atoms with van der Waals surface area (Å²) in [4.78, 5) is 66.3. The molecule has 0 heterocycles. The summed E-state index contributed by atoms with van der Waals surface area (Å²) in [6, 6.07) is 11.9. The van der Waals surface area contributed by atoms with Crippen molar-refractivity contribution < 1.29 is 29.1 Å². The molecule has 0 aliphatic heterocycles. The molecule has 12 heteroatoms. The molecule has 4 aliphatic rings. The van der Waals surface area contributed by atoms with Gasteiger partial charge in [0.2, 0.25) is 29.5 Å². The average molecular weight is 703 g/mol. The smallest absolute Gasteiger partial charge is 0.243 e. The molecule has 5 amide bonds. The highest BCUT2D eigenvalue weighted by Gasteiger charge is 2.52. The van der Waals surface area contributed by atoms with E-state index in [1.54, 1.807) is 12.1 Å². The molecule has 0 saturated heterocycles. The third kappa shape index (κ3) is 10.5. The minimum atomic E-state index is -1.01. The summed E-state index contributed by atoms with van der Waals surface area (Å²) in [6.45, 7) is 5.07. The number of carbonyl (C=O) groups is 5. The lowest BCUT2D eigenvalue weighted by molar-refractivity contribution is -0.135. The van der Waals surface area contributed by atoms with Gasteiger partial charge in [-0.2, -0.15) is 0 Å². The number of phenols is 1. The molecule has 4 atom stereocenters. The number of carbonyl (C=O) groups excluding carboxylic acids is 5. The van der Waals surface area contributed by atoms with E-state index in [1.165, 1.54) is 38.3 Å². The van der Waals surface area contributed by atoms with Gasteiger partial charge in [0.15, 0.2) is 0 Å². The molecule has 0 spiro atoms. The van der Waals surface area contributed by atoms with Crippen molar-refractivity contribution in [2.75, 3.05) is 6.54 Å². The third-order valence-electron chi connectivity index (χ3n) is 10.6. The van der Waals surface area contributed by atoms with Crippen LogP contribution in [-0.4, -0.2) is 70.9 Å². The maximum absolute atomic E-state index is 13.9. The fourth-order valence-corrected chi connectivity index (χ4v) is 8.58. The van der Waals surface area contributed by atoms with E-state index < -0.39 is 54.3 Å². The topological polar surface area (TPSA) is 192 Å². The Morgan fingerprint density at radius 2 is 1.31 bits per heavy atom. The van der Waals surface area contributed by atoms with Crippen molar-refractivity contribution >= 4 is 29.5 Å². The normalized spacial score (nSPS) is 24.1. The third-order valence-corrected chi connectivity index (χ3v) is 10.6. The SMILES string of the molecule is CC(C)C[C@H](NC(=O)[C@H](Cc1ccccc1)NC(=O)CNC(=O)[C@@H](C)NC(=O)[C@@H](N)Cc1ccc(O)cc1)C(=O)NC12CC3CC(CC(C3)C1)C2. The van der Waals surface area contributed by atoms with Gasteiger partial charge in [-0.3, -0.25) is 24.0 Å². The van der Waals surface area contributed by atoms with E-state index in [0.29, 0.717) is 24.2 Å². The summed E-state index contributed by atoms with van der Waals surface area (Å²) in [5.41, 5.74) is 7.39. The first kappa shape index (κ1) is 37.8. The van der Waals surface area contributed by atoms with E-state index in [2.05, 4.69) is 26.6 Å². The quantitative estimate of drug-likeness (QED) is 0.140. The Labute approximate surface area is 300 Å². The second-order valence-corrected chi connectivity index (χ2v) is 15.6. The first-order chi connectivity index (χ1) is 24.3. The molecule has 51 heavy (non-hydrogen) atoms. The van der Waals surface area contributed by atoms with Gasteiger partial charge >= 0.3 is 0 Å². The molecule has 4 aliphatic carbocycles. The highest BCUT2D eigenvalue weighted by molar-refractivity contribution is 5.94. The predicted molar refractivity (Wildman–Crippen MR) is 193 cm³/mol. The molecule has 4 fully saturated rings. The molecule has 2 aromatic carbocycles. The van der Waals surface area contributed by atoms with E-state index in [1.807, 2.05) is 44.2 Å². The van der Waals surface area contributed by atoms with Gasteiger partial charge in [0.1, 0.15) is 23.9 Å². The van der Waals surface area contributed by atoms with Crippen LogP contribution in [0.4, 0.5) is 0 Å². The summed E-state index contributed by atoms with van der Waals surface area (Å²) < 4.78 is 0. The van der Waals surface area contributed by atoms with Crippen LogP contribution in [-0.2, 0) is 36.8 Å². The molecular weight excluding hydrogens is 648 g/mol. The second-order valence-electron chi connectivity index (χ2n) is 15.6. The first-order valence-corrected chi connectivity index (χ1v) is 18.3. The molecule has 0 radical (unpaired) electrons. The van der Waals surface area contributed by atoms with Crippen LogP contribution in [0.2, 0.25) is 0 Å². The minimum absolute atomic E-state index is 0.100. The Bertz CT molecular complexity index is 1510. The second kappa shape index (κ2) is 16.7. The van der Waals surface area contributed by atoms with Crippen LogP contribution in [0.5, 0.6) is 5.75 Å². The fourth-order valence-electron chi connectivity index (χ4n) is 8.58. The van der Waals surface area contributed by atoms with Crippen molar-refractivity contribution in [3.63, 3.8) is 0 Å². The number of benzene rings is 2. The number of nitrogens with two attached hydrogens (primary N) is 1. The van der Waals surface area contributed by atoms with Crippen LogP contribution in [0.3, 0.4) is 0 Å². The van der Waals surface area contributed by atoms with Gasteiger partial charge in [-0.1, -0.05) is 56.3 Å². The van der Waals surface area contributed by atoms with Crippen LogP contribution < -0.4 is 32.3 Å². The monoisotopic (exact) mass is 702 g/mol. The van der Waals surface area contributed by atoms with Gasteiger partial charge in [0, 0.05) is 12.0 Å². The fraction of sp³-hybridized carbons (Fsp3) is 0.564. The first-order valence-electron chi connectivity index (χ1n) is 18.3. The van der Waals surface area contributed by atoms with E-state index >= 15 is 0 Å². The Morgan fingerprint density at radius 3 is 1.90 bits per heavy atom. The Hall–Kier alpha value is -4.45. The Kier molecular flexibility index (Phi) is 12.4. The van der Waals surface area contributed by atoms with Crippen molar-refractivity contribution in [1.82, 2.24) is 26.6 Å². The summed E-state index contributed by atoms with van der Waals surface area (Å²) in [5, 5.41) is 23.7. The standard InChI is InChI=1S/C39H54N6O6/c1-23(2)13-32(38(51)45-39-19-27-14-28(20-39)16-29(15-27)21-39)44-37(50)33(18-25-7-5-4-6-8-25)43-34(47)22-41-35(48)24(3)42-36(49)31(40)17-26-9-11-30(46)12-10-26/h4-12,23-24,27-29,31-33,46H,13-22,40H2,1-3H3,(H,41,48)(H,42,49)(H,43,47)(H,44,50)(H,45,51)/t24-,27?,28?,29?,31+,32+,33+,39?/m1/s1. The number of hydrogen-bond acceptors (Lipinski definition) is 7. The molecule has 12 nitrogen and oxygen atoms in total. The van der Waals surface area contributed by atoms with Gasteiger partial charge in [0.25, 0.3) is 0 Å². The number of aromatic hydroxyl groups is 1. The van der Waals surface area contributed by atoms with Gasteiger partial charge in [-0.15, -0.1) is 0 Å².